The number of hydrogen-bond donors (Lipinski definition) is 1. The zero-order valence-corrected chi connectivity index (χ0v) is 21.8. The van der Waals surface area contributed by atoms with E-state index in [0.717, 1.165) is 36.8 Å². The van der Waals surface area contributed by atoms with E-state index in [2.05, 4.69) is 5.32 Å². The summed E-state index contributed by atoms with van der Waals surface area (Å²) in [5, 5.41) is 3.75. The van der Waals surface area contributed by atoms with Gasteiger partial charge in [0.05, 0.1) is 7.11 Å². The van der Waals surface area contributed by atoms with Gasteiger partial charge in [0.15, 0.2) is 6.61 Å². The molecule has 2 amide bonds. The van der Waals surface area contributed by atoms with Gasteiger partial charge in [0.25, 0.3) is 5.91 Å². The van der Waals surface area contributed by atoms with Crippen LogP contribution in [0, 0.1) is 0 Å². The number of nitrogens with one attached hydrogen (secondary N) is 1. The Morgan fingerprint density at radius 1 is 0.946 bits per heavy atom. The molecule has 0 unspecified atom stereocenters. The lowest BCUT2D eigenvalue weighted by atomic mass is 10.0. The summed E-state index contributed by atoms with van der Waals surface area (Å²) in [7, 11) is 1.59. The summed E-state index contributed by atoms with van der Waals surface area (Å²) >= 11 is 6.47. The van der Waals surface area contributed by atoms with Crippen LogP contribution in [0.15, 0.2) is 78.9 Å². The average molecular weight is 521 g/mol. The molecule has 1 atom stereocenters. The predicted molar refractivity (Wildman–Crippen MR) is 145 cm³/mol. The first-order valence-corrected chi connectivity index (χ1v) is 13.1. The van der Waals surface area contributed by atoms with E-state index in [1.807, 2.05) is 48.5 Å². The van der Waals surface area contributed by atoms with E-state index in [1.54, 1.807) is 42.3 Å². The second kappa shape index (κ2) is 13.2. The minimum atomic E-state index is -0.716. The standard InChI is InChI=1S/C30H33ClN2O4/c1-36-25-15-17-26(18-16-25)37-21-29(34)33(20-23-11-5-8-14-27(23)31)28(19-22-9-3-2-4-10-22)30(35)32-24-12-6-7-13-24/h2-5,8-11,14-18,24,28H,6-7,12-13,19-21H2,1H3,(H,32,35)/t28-/m1/s1. The lowest BCUT2D eigenvalue weighted by molar-refractivity contribution is -0.143. The van der Waals surface area contributed by atoms with Gasteiger partial charge in [-0.15, -0.1) is 0 Å². The Hall–Kier alpha value is -3.51. The van der Waals surface area contributed by atoms with Crippen LogP contribution in [0.5, 0.6) is 11.5 Å². The van der Waals surface area contributed by atoms with Crippen LogP contribution < -0.4 is 14.8 Å². The molecule has 6 nitrogen and oxygen atoms in total. The second-order valence-electron chi connectivity index (χ2n) is 9.27. The number of carbonyl (C=O) groups excluding carboxylic acids is 2. The molecule has 1 aliphatic carbocycles. The molecule has 1 saturated carbocycles. The fourth-order valence-electron chi connectivity index (χ4n) is 4.63. The summed E-state index contributed by atoms with van der Waals surface area (Å²) in [4.78, 5) is 29.0. The molecule has 0 heterocycles. The van der Waals surface area contributed by atoms with E-state index in [1.165, 1.54) is 0 Å². The van der Waals surface area contributed by atoms with Gasteiger partial charge >= 0.3 is 0 Å². The van der Waals surface area contributed by atoms with Crippen molar-refractivity contribution in [2.75, 3.05) is 13.7 Å². The lowest BCUT2D eigenvalue weighted by Crippen LogP contribution is -2.53. The molecule has 3 aromatic rings. The Bertz CT molecular complexity index is 1160. The maximum absolute atomic E-state index is 13.7. The fraction of sp³-hybridized carbons (Fsp3) is 0.333. The molecule has 3 aromatic carbocycles. The van der Waals surface area contributed by atoms with Crippen molar-refractivity contribution >= 4 is 23.4 Å². The Morgan fingerprint density at radius 2 is 1.59 bits per heavy atom. The zero-order valence-electron chi connectivity index (χ0n) is 21.1. The molecule has 1 aliphatic rings. The van der Waals surface area contributed by atoms with Crippen LogP contribution in [-0.4, -0.2) is 42.5 Å². The molecular formula is C30H33ClN2O4. The van der Waals surface area contributed by atoms with Crippen molar-refractivity contribution in [3.63, 3.8) is 0 Å². The Kier molecular flexibility index (Phi) is 9.44. The van der Waals surface area contributed by atoms with Gasteiger partial charge in [-0.3, -0.25) is 9.59 Å². The van der Waals surface area contributed by atoms with Gasteiger partial charge in [-0.2, -0.15) is 0 Å². The van der Waals surface area contributed by atoms with Crippen LogP contribution in [0.3, 0.4) is 0 Å². The highest BCUT2D eigenvalue weighted by molar-refractivity contribution is 6.31. The zero-order chi connectivity index (χ0) is 26.0. The minimum Gasteiger partial charge on any atom is -0.497 e. The molecule has 37 heavy (non-hydrogen) atoms. The summed E-state index contributed by atoms with van der Waals surface area (Å²) in [5.74, 6) is 0.797. The second-order valence-corrected chi connectivity index (χ2v) is 9.68. The van der Waals surface area contributed by atoms with Gasteiger partial charge in [0.1, 0.15) is 17.5 Å². The van der Waals surface area contributed by atoms with Crippen LogP contribution in [0.4, 0.5) is 0 Å². The topological polar surface area (TPSA) is 67.9 Å². The monoisotopic (exact) mass is 520 g/mol. The quantitative estimate of drug-likeness (QED) is 0.366. The maximum atomic E-state index is 13.7. The summed E-state index contributed by atoms with van der Waals surface area (Å²) < 4.78 is 11.0. The van der Waals surface area contributed by atoms with E-state index in [-0.39, 0.29) is 31.0 Å². The van der Waals surface area contributed by atoms with Gasteiger partial charge in [-0.1, -0.05) is 73.0 Å². The molecule has 0 spiro atoms. The SMILES string of the molecule is COc1ccc(OCC(=O)N(Cc2ccccc2Cl)[C@H](Cc2ccccc2)C(=O)NC2CCCC2)cc1. The molecule has 194 valence electrons. The molecular weight excluding hydrogens is 488 g/mol. The van der Waals surface area contributed by atoms with Crippen LogP contribution in [-0.2, 0) is 22.6 Å². The largest absolute Gasteiger partial charge is 0.497 e. The number of rotatable bonds is 11. The van der Waals surface area contributed by atoms with E-state index >= 15 is 0 Å². The minimum absolute atomic E-state index is 0.138. The Labute approximate surface area is 223 Å². The van der Waals surface area contributed by atoms with Crippen molar-refractivity contribution in [1.82, 2.24) is 10.2 Å². The van der Waals surface area contributed by atoms with Crippen molar-refractivity contribution in [3.8, 4) is 11.5 Å². The fourth-order valence-corrected chi connectivity index (χ4v) is 4.83. The van der Waals surface area contributed by atoms with Gasteiger partial charge in [-0.25, -0.2) is 0 Å². The molecule has 1 fully saturated rings. The van der Waals surface area contributed by atoms with Crippen LogP contribution in [0.25, 0.3) is 0 Å². The Balaban J connectivity index is 1.60. The molecule has 0 aromatic heterocycles. The number of halogens is 1. The maximum Gasteiger partial charge on any atom is 0.261 e. The molecule has 7 heteroatoms. The highest BCUT2D eigenvalue weighted by Crippen LogP contribution is 2.23. The highest BCUT2D eigenvalue weighted by atomic mass is 35.5. The van der Waals surface area contributed by atoms with Crippen molar-refractivity contribution in [3.05, 3.63) is 95.0 Å². The third kappa shape index (κ3) is 7.49. The van der Waals surface area contributed by atoms with Crippen molar-refractivity contribution in [2.45, 2.75) is 50.7 Å². The highest BCUT2D eigenvalue weighted by Gasteiger charge is 2.32. The summed E-state index contributed by atoms with van der Waals surface area (Å²) in [6, 6.07) is 23.6. The number of amides is 2. The number of hydrogen-bond acceptors (Lipinski definition) is 4. The van der Waals surface area contributed by atoms with Gasteiger partial charge < -0.3 is 19.7 Å². The lowest BCUT2D eigenvalue weighted by Gasteiger charge is -2.32. The van der Waals surface area contributed by atoms with Gasteiger partial charge in [-0.05, 0) is 54.3 Å². The van der Waals surface area contributed by atoms with Crippen molar-refractivity contribution in [1.29, 1.82) is 0 Å². The molecule has 0 bridgehead atoms. The van der Waals surface area contributed by atoms with Crippen LogP contribution in [0.2, 0.25) is 5.02 Å². The first kappa shape index (κ1) is 26.6. The molecule has 0 radical (unpaired) electrons. The van der Waals surface area contributed by atoms with E-state index in [9.17, 15) is 9.59 Å². The molecule has 4 rings (SSSR count). The predicted octanol–water partition coefficient (Wildman–Crippen LogP) is 5.43. The number of benzene rings is 3. The number of methoxy groups -OCH3 is 1. The van der Waals surface area contributed by atoms with Crippen LogP contribution >= 0.6 is 11.6 Å². The Morgan fingerprint density at radius 3 is 2.27 bits per heavy atom. The molecule has 0 saturated heterocycles. The average Bonchev–Trinajstić information content (AvgIpc) is 3.44. The third-order valence-corrected chi connectivity index (χ3v) is 7.06. The number of carbonyl (C=O) groups is 2. The van der Waals surface area contributed by atoms with Crippen molar-refractivity contribution in [2.24, 2.45) is 0 Å². The third-order valence-electron chi connectivity index (χ3n) is 6.69. The first-order chi connectivity index (χ1) is 18.0. The molecule has 0 aliphatic heterocycles. The smallest absolute Gasteiger partial charge is 0.261 e. The summed E-state index contributed by atoms with van der Waals surface area (Å²) in [6.07, 6.45) is 4.52. The summed E-state index contributed by atoms with van der Waals surface area (Å²) in [5.41, 5.74) is 1.75. The van der Waals surface area contributed by atoms with Crippen molar-refractivity contribution < 1.29 is 19.1 Å². The van der Waals surface area contributed by atoms with Gasteiger partial charge in [0.2, 0.25) is 5.91 Å². The number of ether oxygens (including phenoxy) is 2. The number of nitrogens with zero attached hydrogens (tertiary/aromatic N) is 1. The van der Waals surface area contributed by atoms with Gasteiger partial charge in [0, 0.05) is 24.0 Å². The van der Waals surface area contributed by atoms with Crippen LogP contribution in [0.1, 0.15) is 36.8 Å². The molecule has 1 N–H and O–H groups in total. The first-order valence-electron chi connectivity index (χ1n) is 12.7. The van der Waals surface area contributed by atoms with E-state index in [0.29, 0.717) is 22.9 Å². The summed E-state index contributed by atoms with van der Waals surface area (Å²) in [6.45, 7) is -0.0150. The van der Waals surface area contributed by atoms with E-state index in [4.69, 9.17) is 21.1 Å². The van der Waals surface area contributed by atoms with E-state index < -0.39 is 6.04 Å². The normalized spacial score (nSPS) is 14.1.